The summed E-state index contributed by atoms with van der Waals surface area (Å²) in [6.07, 6.45) is 1.22. The molecular formula is C22H28N2OS. The van der Waals surface area contributed by atoms with Crippen molar-refractivity contribution in [3.63, 3.8) is 0 Å². The molecule has 1 aromatic heterocycles. The Morgan fingerprint density at radius 1 is 1.00 bits per heavy atom. The Labute approximate surface area is 161 Å². The summed E-state index contributed by atoms with van der Waals surface area (Å²) in [5.74, 6) is 5.89. The molecule has 0 spiro atoms. The molecule has 1 aromatic carbocycles. The van der Waals surface area contributed by atoms with Gasteiger partial charge in [-0.25, -0.2) is 0 Å². The fourth-order valence-electron chi connectivity index (χ4n) is 3.14. The van der Waals surface area contributed by atoms with E-state index in [2.05, 4.69) is 63.4 Å². The van der Waals surface area contributed by atoms with E-state index in [1.807, 2.05) is 11.3 Å². The molecular weight excluding hydrogens is 340 g/mol. The van der Waals surface area contributed by atoms with Crippen molar-refractivity contribution in [1.82, 2.24) is 9.80 Å². The van der Waals surface area contributed by atoms with Crippen LogP contribution in [-0.4, -0.2) is 46.7 Å². The van der Waals surface area contributed by atoms with E-state index in [0.717, 1.165) is 38.3 Å². The molecule has 4 heteroatoms. The highest BCUT2D eigenvalue weighted by Gasteiger charge is 2.15. The van der Waals surface area contributed by atoms with E-state index < -0.39 is 5.60 Å². The SMILES string of the molecule is CC(C)(O)C#Cc1ccc(CN2CCCN(Cc3cccs3)CC2)cc1. The standard InChI is InChI=1S/C22H28N2OS/c1-22(2,25)11-10-19-6-8-20(9-7-19)17-23-12-4-13-24(15-14-23)18-21-5-3-16-26-21/h3,5-9,16,25H,4,12-15,17-18H2,1-2H3. The van der Waals surface area contributed by atoms with Gasteiger partial charge < -0.3 is 5.11 Å². The Kier molecular flexibility index (Phi) is 6.50. The number of aliphatic hydroxyl groups is 1. The molecule has 2 aromatic rings. The lowest BCUT2D eigenvalue weighted by molar-refractivity contribution is 0.143. The minimum Gasteiger partial charge on any atom is -0.378 e. The molecule has 0 unspecified atom stereocenters. The monoisotopic (exact) mass is 368 g/mol. The quantitative estimate of drug-likeness (QED) is 0.836. The van der Waals surface area contributed by atoms with Gasteiger partial charge in [0, 0.05) is 36.6 Å². The fourth-order valence-corrected chi connectivity index (χ4v) is 3.89. The summed E-state index contributed by atoms with van der Waals surface area (Å²) >= 11 is 1.85. The molecule has 3 rings (SSSR count). The second-order valence-electron chi connectivity index (χ2n) is 7.49. The van der Waals surface area contributed by atoms with Crippen molar-refractivity contribution in [2.45, 2.75) is 39.0 Å². The molecule has 1 N–H and O–H groups in total. The van der Waals surface area contributed by atoms with Gasteiger partial charge in [0.25, 0.3) is 0 Å². The first kappa shape index (κ1) is 19.1. The van der Waals surface area contributed by atoms with Crippen LogP contribution in [0.1, 0.15) is 36.3 Å². The summed E-state index contributed by atoms with van der Waals surface area (Å²) in [5.41, 5.74) is 1.33. The molecule has 1 saturated heterocycles. The molecule has 0 aliphatic carbocycles. The summed E-state index contributed by atoms with van der Waals surface area (Å²) in [7, 11) is 0. The van der Waals surface area contributed by atoms with Crippen LogP contribution in [0.5, 0.6) is 0 Å². The Balaban J connectivity index is 1.51. The topological polar surface area (TPSA) is 26.7 Å². The van der Waals surface area contributed by atoms with Gasteiger partial charge in [-0.3, -0.25) is 9.80 Å². The highest BCUT2D eigenvalue weighted by molar-refractivity contribution is 7.09. The van der Waals surface area contributed by atoms with Gasteiger partial charge in [0.2, 0.25) is 0 Å². The molecule has 0 atom stereocenters. The van der Waals surface area contributed by atoms with Crippen molar-refractivity contribution in [3.8, 4) is 11.8 Å². The van der Waals surface area contributed by atoms with Crippen LogP contribution in [-0.2, 0) is 13.1 Å². The second-order valence-corrected chi connectivity index (χ2v) is 8.52. The van der Waals surface area contributed by atoms with Crippen molar-refractivity contribution in [2.75, 3.05) is 26.2 Å². The maximum absolute atomic E-state index is 9.70. The van der Waals surface area contributed by atoms with Crippen LogP contribution in [0.25, 0.3) is 0 Å². The summed E-state index contributed by atoms with van der Waals surface area (Å²) in [6.45, 7) is 10.1. The number of benzene rings is 1. The lowest BCUT2D eigenvalue weighted by Crippen LogP contribution is -2.30. The average molecular weight is 369 g/mol. The predicted octanol–water partition coefficient (Wildman–Crippen LogP) is 3.58. The Morgan fingerprint density at radius 2 is 1.69 bits per heavy atom. The van der Waals surface area contributed by atoms with Gasteiger partial charge in [0.05, 0.1) is 0 Å². The normalized spacial score (nSPS) is 16.7. The Bertz CT molecular complexity index is 735. The smallest absolute Gasteiger partial charge is 0.120 e. The molecule has 2 heterocycles. The minimum absolute atomic E-state index is 0.945. The summed E-state index contributed by atoms with van der Waals surface area (Å²) < 4.78 is 0. The highest BCUT2D eigenvalue weighted by atomic mass is 32.1. The maximum atomic E-state index is 9.70. The molecule has 3 nitrogen and oxygen atoms in total. The van der Waals surface area contributed by atoms with Crippen molar-refractivity contribution < 1.29 is 5.11 Å². The van der Waals surface area contributed by atoms with Gasteiger partial charge >= 0.3 is 0 Å². The van der Waals surface area contributed by atoms with Gasteiger partial charge in [-0.05, 0) is 62.5 Å². The van der Waals surface area contributed by atoms with E-state index in [4.69, 9.17) is 0 Å². The lowest BCUT2D eigenvalue weighted by atomic mass is 10.1. The van der Waals surface area contributed by atoms with Gasteiger partial charge in [-0.15, -0.1) is 11.3 Å². The van der Waals surface area contributed by atoms with Gasteiger partial charge in [-0.2, -0.15) is 0 Å². The molecule has 1 aliphatic rings. The Morgan fingerprint density at radius 3 is 2.31 bits per heavy atom. The van der Waals surface area contributed by atoms with Crippen molar-refractivity contribution in [2.24, 2.45) is 0 Å². The third-order valence-electron chi connectivity index (χ3n) is 4.51. The molecule has 138 valence electrons. The maximum Gasteiger partial charge on any atom is 0.120 e. The van der Waals surface area contributed by atoms with Crippen LogP contribution in [0, 0.1) is 11.8 Å². The van der Waals surface area contributed by atoms with Crippen LogP contribution in [0.3, 0.4) is 0 Å². The average Bonchev–Trinajstić information content (AvgIpc) is 3.01. The number of nitrogens with zero attached hydrogens (tertiary/aromatic N) is 2. The number of thiophene rings is 1. The van der Waals surface area contributed by atoms with E-state index in [1.54, 1.807) is 13.8 Å². The molecule has 0 radical (unpaired) electrons. The number of rotatable bonds is 4. The van der Waals surface area contributed by atoms with Gasteiger partial charge in [-0.1, -0.05) is 30.0 Å². The van der Waals surface area contributed by atoms with Crippen molar-refractivity contribution >= 4 is 11.3 Å². The van der Waals surface area contributed by atoms with Crippen LogP contribution >= 0.6 is 11.3 Å². The lowest BCUT2D eigenvalue weighted by Gasteiger charge is -2.21. The fraction of sp³-hybridized carbons (Fsp3) is 0.455. The number of hydrogen-bond donors (Lipinski definition) is 1. The summed E-state index contributed by atoms with van der Waals surface area (Å²) in [5, 5.41) is 11.9. The van der Waals surface area contributed by atoms with Crippen LogP contribution < -0.4 is 0 Å². The van der Waals surface area contributed by atoms with Crippen molar-refractivity contribution in [3.05, 3.63) is 57.8 Å². The second kappa shape index (κ2) is 8.83. The minimum atomic E-state index is -0.945. The highest BCUT2D eigenvalue weighted by Crippen LogP contribution is 2.15. The van der Waals surface area contributed by atoms with E-state index in [1.165, 1.54) is 23.4 Å². The third kappa shape index (κ3) is 6.26. The first-order valence-corrected chi connectivity index (χ1v) is 10.2. The van der Waals surface area contributed by atoms with Gasteiger partial charge in [0.1, 0.15) is 5.60 Å². The molecule has 0 amide bonds. The van der Waals surface area contributed by atoms with Crippen LogP contribution in [0.2, 0.25) is 0 Å². The van der Waals surface area contributed by atoms with E-state index in [-0.39, 0.29) is 0 Å². The zero-order chi connectivity index (χ0) is 18.4. The summed E-state index contributed by atoms with van der Waals surface area (Å²) in [6, 6.07) is 12.8. The first-order valence-electron chi connectivity index (χ1n) is 9.29. The van der Waals surface area contributed by atoms with Gasteiger partial charge in [0.15, 0.2) is 0 Å². The molecule has 0 saturated carbocycles. The first-order chi connectivity index (χ1) is 12.5. The number of hydrogen-bond acceptors (Lipinski definition) is 4. The zero-order valence-corrected chi connectivity index (χ0v) is 16.6. The van der Waals surface area contributed by atoms with Crippen molar-refractivity contribution in [1.29, 1.82) is 0 Å². The predicted molar refractivity (Wildman–Crippen MR) is 109 cm³/mol. The van der Waals surface area contributed by atoms with E-state index in [9.17, 15) is 5.11 Å². The molecule has 1 fully saturated rings. The molecule has 1 aliphatic heterocycles. The third-order valence-corrected chi connectivity index (χ3v) is 5.37. The molecule has 26 heavy (non-hydrogen) atoms. The zero-order valence-electron chi connectivity index (χ0n) is 15.7. The summed E-state index contributed by atoms with van der Waals surface area (Å²) in [4.78, 5) is 6.58. The van der Waals surface area contributed by atoms with Crippen LogP contribution in [0.4, 0.5) is 0 Å². The van der Waals surface area contributed by atoms with E-state index in [0.29, 0.717) is 0 Å². The van der Waals surface area contributed by atoms with E-state index >= 15 is 0 Å². The van der Waals surface area contributed by atoms with Crippen LogP contribution in [0.15, 0.2) is 41.8 Å². The largest absolute Gasteiger partial charge is 0.378 e. The Hall–Kier alpha value is -1.64. The molecule has 0 bridgehead atoms.